The summed E-state index contributed by atoms with van der Waals surface area (Å²) in [6, 6.07) is 5.55. The standard InChI is InChI=1S/C17H22N4O3S/c1-2-24-16-5-8-19-13-17(16)25(22,23)21-11-9-20(10-12-21)14-15-3-6-18-7-4-15/h3-8,13H,2,9-12,14H2,1H3. The van der Waals surface area contributed by atoms with E-state index in [1.165, 1.54) is 22.3 Å². The van der Waals surface area contributed by atoms with Crippen LogP contribution in [0.25, 0.3) is 0 Å². The number of hydrogen-bond acceptors (Lipinski definition) is 6. The molecule has 2 aromatic rings. The van der Waals surface area contributed by atoms with Gasteiger partial charge >= 0.3 is 0 Å². The first kappa shape index (κ1) is 17.8. The summed E-state index contributed by atoms with van der Waals surface area (Å²) in [7, 11) is -3.60. The molecule has 0 aromatic carbocycles. The Morgan fingerprint density at radius 1 is 1.04 bits per heavy atom. The normalized spacial score (nSPS) is 16.7. The smallest absolute Gasteiger partial charge is 0.248 e. The number of piperazine rings is 1. The lowest BCUT2D eigenvalue weighted by Crippen LogP contribution is -2.48. The zero-order chi connectivity index (χ0) is 17.7. The zero-order valence-electron chi connectivity index (χ0n) is 14.2. The predicted octanol–water partition coefficient (Wildman–Crippen LogP) is 1.38. The molecule has 0 radical (unpaired) electrons. The second kappa shape index (κ2) is 7.90. The number of sulfonamides is 1. The number of hydrogen-bond donors (Lipinski definition) is 0. The van der Waals surface area contributed by atoms with Crippen molar-refractivity contribution in [2.75, 3.05) is 32.8 Å². The average Bonchev–Trinajstić information content (AvgIpc) is 2.64. The number of nitrogens with zero attached hydrogens (tertiary/aromatic N) is 4. The maximum Gasteiger partial charge on any atom is 0.248 e. The van der Waals surface area contributed by atoms with E-state index in [0.717, 1.165) is 6.54 Å². The van der Waals surface area contributed by atoms with Crippen molar-refractivity contribution in [2.24, 2.45) is 0 Å². The number of ether oxygens (including phenoxy) is 1. The molecule has 0 unspecified atom stereocenters. The Morgan fingerprint density at radius 3 is 2.40 bits per heavy atom. The molecule has 134 valence electrons. The van der Waals surface area contributed by atoms with Crippen molar-refractivity contribution >= 4 is 10.0 Å². The van der Waals surface area contributed by atoms with Gasteiger partial charge in [-0.15, -0.1) is 0 Å². The molecule has 3 rings (SSSR count). The summed E-state index contributed by atoms with van der Waals surface area (Å²) in [5.41, 5.74) is 1.18. The summed E-state index contributed by atoms with van der Waals surface area (Å²) in [6.45, 7) is 5.31. The van der Waals surface area contributed by atoms with Gasteiger partial charge in [0.2, 0.25) is 10.0 Å². The van der Waals surface area contributed by atoms with E-state index in [1.807, 2.05) is 19.1 Å². The summed E-state index contributed by atoms with van der Waals surface area (Å²) in [5, 5.41) is 0. The third-order valence-corrected chi connectivity index (χ3v) is 6.06. The van der Waals surface area contributed by atoms with Gasteiger partial charge in [0.15, 0.2) is 0 Å². The molecule has 0 aliphatic carbocycles. The first-order valence-corrected chi connectivity index (χ1v) is 9.73. The minimum Gasteiger partial charge on any atom is -0.492 e. The Hall–Kier alpha value is -2.03. The predicted molar refractivity (Wildman–Crippen MR) is 93.7 cm³/mol. The largest absolute Gasteiger partial charge is 0.492 e. The van der Waals surface area contributed by atoms with Crippen LogP contribution in [0.15, 0.2) is 47.9 Å². The van der Waals surface area contributed by atoms with Crippen LogP contribution in [0.1, 0.15) is 12.5 Å². The van der Waals surface area contributed by atoms with Gasteiger partial charge in [0.05, 0.1) is 12.8 Å². The number of pyridine rings is 2. The number of rotatable bonds is 6. The van der Waals surface area contributed by atoms with E-state index in [2.05, 4.69) is 14.9 Å². The molecule has 1 saturated heterocycles. The Morgan fingerprint density at radius 2 is 1.72 bits per heavy atom. The molecular weight excluding hydrogens is 340 g/mol. The van der Waals surface area contributed by atoms with Crippen molar-refractivity contribution in [1.82, 2.24) is 19.2 Å². The minimum absolute atomic E-state index is 0.138. The van der Waals surface area contributed by atoms with Crippen LogP contribution >= 0.6 is 0 Å². The molecule has 3 heterocycles. The molecule has 1 aliphatic rings. The Labute approximate surface area is 148 Å². The molecule has 1 fully saturated rings. The number of aromatic nitrogens is 2. The fraction of sp³-hybridized carbons (Fsp3) is 0.412. The van der Waals surface area contributed by atoms with Crippen molar-refractivity contribution in [1.29, 1.82) is 0 Å². The van der Waals surface area contributed by atoms with E-state index in [-0.39, 0.29) is 4.90 Å². The highest BCUT2D eigenvalue weighted by molar-refractivity contribution is 7.89. The van der Waals surface area contributed by atoms with E-state index in [9.17, 15) is 8.42 Å². The summed E-state index contributed by atoms with van der Waals surface area (Å²) in [6.07, 6.45) is 6.45. The van der Waals surface area contributed by atoms with Gasteiger partial charge < -0.3 is 4.74 Å². The van der Waals surface area contributed by atoms with Crippen molar-refractivity contribution in [3.63, 3.8) is 0 Å². The van der Waals surface area contributed by atoms with Gasteiger partial charge in [0.25, 0.3) is 0 Å². The molecule has 0 atom stereocenters. The van der Waals surface area contributed by atoms with Crippen LogP contribution in [-0.2, 0) is 16.6 Å². The molecule has 0 N–H and O–H groups in total. The summed E-state index contributed by atoms with van der Waals surface area (Å²) in [4.78, 5) is 10.4. The van der Waals surface area contributed by atoms with Gasteiger partial charge in [-0.3, -0.25) is 14.9 Å². The van der Waals surface area contributed by atoms with Gasteiger partial charge in [-0.1, -0.05) is 0 Å². The maximum atomic E-state index is 12.9. The van der Waals surface area contributed by atoms with Crippen LogP contribution < -0.4 is 4.74 Å². The fourth-order valence-corrected chi connectivity index (χ4v) is 4.35. The van der Waals surface area contributed by atoms with E-state index in [4.69, 9.17) is 4.74 Å². The summed E-state index contributed by atoms with van der Waals surface area (Å²) < 4.78 is 32.8. The van der Waals surface area contributed by atoms with Gasteiger partial charge in [0, 0.05) is 51.3 Å². The second-order valence-electron chi connectivity index (χ2n) is 5.79. The Kier molecular flexibility index (Phi) is 5.62. The third kappa shape index (κ3) is 4.15. The van der Waals surface area contributed by atoms with Gasteiger partial charge in [-0.05, 0) is 30.7 Å². The van der Waals surface area contributed by atoms with Crippen molar-refractivity contribution in [3.05, 3.63) is 48.5 Å². The van der Waals surface area contributed by atoms with E-state index in [1.54, 1.807) is 18.5 Å². The molecule has 0 saturated carbocycles. The lowest BCUT2D eigenvalue weighted by atomic mass is 10.2. The molecule has 25 heavy (non-hydrogen) atoms. The van der Waals surface area contributed by atoms with Crippen LogP contribution in [0.3, 0.4) is 0 Å². The molecule has 7 nitrogen and oxygen atoms in total. The lowest BCUT2D eigenvalue weighted by molar-refractivity contribution is 0.181. The van der Waals surface area contributed by atoms with Gasteiger partial charge in [0.1, 0.15) is 10.6 Å². The maximum absolute atomic E-state index is 12.9. The molecule has 2 aromatic heterocycles. The summed E-state index contributed by atoms with van der Waals surface area (Å²) >= 11 is 0. The minimum atomic E-state index is -3.60. The molecular formula is C17H22N4O3S. The van der Waals surface area contributed by atoms with Crippen LogP contribution in [0.4, 0.5) is 0 Å². The van der Waals surface area contributed by atoms with E-state index >= 15 is 0 Å². The Balaban J connectivity index is 1.68. The van der Waals surface area contributed by atoms with Crippen molar-refractivity contribution in [2.45, 2.75) is 18.4 Å². The highest BCUT2D eigenvalue weighted by atomic mass is 32.2. The average molecular weight is 362 g/mol. The van der Waals surface area contributed by atoms with Gasteiger partial charge in [-0.25, -0.2) is 8.42 Å². The fourth-order valence-electron chi connectivity index (χ4n) is 2.85. The highest BCUT2D eigenvalue weighted by Crippen LogP contribution is 2.26. The summed E-state index contributed by atoms with van der Waals surface area (Å²) in [5.74, 6) is 0.358. The first-order chi connectivity index (χ1) is 12.1. The zero-order valence-corrected chi connectivity index (χ0v) is 15.0. The third-order valence-electron chi connectivity index (χ3n) is 4.15. The topological polar surface area (TPSA) is 75.6 Å². The van der Waals surface area contributed by atoms with Crippen molar-refractivity contribution in [3.8, 4) is 5.75 Å². The molecule has 1 aliphatic heterocycles. The van der Waals surface area contributed by atoms with E-state index < -0.39 is 10.0 Å². The van der Waals surface area contributed by atoms with Crippen LogP contribution in [0.2, 0.25) is 0 Å². The molecule has 0 spiro atoms. The molecule has 0 amide bonds. The van der Waals surface area contributed by atoms with Crippen LogP contribution in [-0.4, -0.2) is 60.4 Å². The SMILES string of the molecule is CCOc1ccncc1S(=O)(=O)N1CCN(Cc2ccncc2)CC1. The lowest BCUT2D eigenvalue weighted by Gasteiger charge is -2.34. The van der Waals surface area contributed by atoms with Crippen LogP contribution in [0.5, 0.6) is 5.75 Å². The Bertz CT molecular complexity index is 791. The van der Waals surface area contributed by atoms with E-state index in [0.29, 0.717) is 38.5 Å². The molecule has 8 heteroatoms. The van der Waals surface area contributed by atoms with Crippen LogP contribution in [0, 0.1) is 0 Å². The monoisotopic (exact) mass is 362 g/mol. The van der Waals surface area contributed by atoms with Gasteiger partial charge in [-0.2, -0.15) is 4.31 Å². The quantitative estimate of drug-likeness (QED) is 0.773. The second-order valence-corrected chi connectivity index (χ2v) is 7.70. The highest BCUT2D eigenvalue weighted by Gasteiger charge is 2.31. The first-order valence-electron chi connectivity index (χ1n) is 8.29. The molecule has 0 bridgehead atoms. The van der Waals surface area contributed by atoms with Crippen molar-refractivity contribution < 1.29 is 13.2 Å².